The highest BCUT2D eigenvalue weighted by molar-refractivity contribution is 7.99. The quantitative estimate of drug-likeness (QED) is 0.423. The van der Waals surface area contributed by atoms with E-state index in [-0.39, 0.29) is 33.0 Å². The average Bonchev–Trinajstić information content (AvgIpc) is 2.95. The second-order valence-electron chi connectivity index (χ2n) is 5.07. The van der Waals surface area contributed by atoms with Gasteiger partial charge in [0.25, 0.3) is 0 Å². The van der Waals surface area contributed by atoms with E-state index in [1.807, 2.05) is 11.5 Å². The summed E-state index contributed by atoms with van der Waals surface area (Å²) in [6, 6.07) is 2.81. The van der Waals surface area contributed by atoms with Gasteiger partial charge in [-0.25, -0.2) is 4.79 Å². The van der Waals surface area contributed by atoms with Crippen LogP contribution >= 0.6 is 35.0 Å². The number of nitrogens with zero attached hydrogens (tertiary/aromatic N) is 3. The fraction of sp³-hybridized carbons (Fsp3) is 0.250. The normalized spacial score (nSPS) is 10.5. The van der Waals surface area contributed by atoms with Gasteiger partial charge in [0, 0.05) is 11.6 Å². The molecule has 1 aromatic carbocycles. The molecular formula is C16H16Cl2N4O3S. The van der Waals surface area contributed by atoms with E-state index in [0.717, 1.165) is 5.82 Å². The number of aromatic nitrogens is 3. The van der Waals surface area contributed by atoms with Crippen molar-refractivity contribution in [2.45, 2.75) is 18.6 Å². The van der Waals surface area contributed by atoms with E-state index in [4.69, 9.17) is 27.9 Å². The minimum atomic E-state index is -0.654. The lowest BCUT2D eigenvalue weighted by Gasteiger charge is -2.12. The smallest absolute Gasteiger partial charge is 0.340 e. The van der Waals surface area contributed by atoms with Crippen LogP contribution in [0.25, 0.3) is 0 Å². The summed E-state index contributed by atoms with van der Waals surface area (Å²) in [5.41, 5.74) is 0.228. The number of hydrogen-bond acceptors (Lipinski definition) is 6. The van der Waals surface area contributed by atoms with Crippen molar-refractivity contribution in [1.29, 1.82) is 0 Å². The molecule has 10 heteroatoms. The molecule has 26 heavy (non-hydrogen) atoms. The maximum absolute atomic E-state index is 12.3. The number of ether oxygens (including phenoxy) is 1. The van der Waals surface area contributed by atoms with Crippen molar-refractivity contribution in [3.8, 4) is 0 Å². The van der Waals surface area contributed by atoms with Crippen molar-refractivity contribution in [3.05, 3.63) is 46.2 Å². The number of hydrogen-bond donors (Lipinski definition) is 1. The number of esters is 1. The standard InChI is InChI=1S/C16H16Cl2N4O3S/c1-4-5-22-9(2)20-21-16(22)26-8-13(23)19-14-11(15(24)25-3)6-10(17)7-12(14)18/h4,6-7H,1,5,8H2,2-3H3,(H,19,23). The number of rotatable bonds is 7. The van der Waals surface area contributed by atoms with E-state index in [1.165, 1.54) is 31.0 Å². The summed E-state index contributed by atoms with van der Waals surface area (Å²) in [5.74, 6) is -0.245. The topological polar surface area (TPSA) is 86.1 Å². The summed E-state index contributed by atoms with van der Waals surface area (Å²) in [4.78, 5) is 24.2. The highest BCUT2D eigenvalue weighted by atomic mass is 35.5. The second kappa shape index (κ2) is 9.07. The molecule has 0 spiro atoms. The Balaban J connectivity index is 2.13. The Hall–Kier alpha value is -2.03. The van der Waals surface area contributed by atoms with Crippen LogP contribution in [-0.4, -0.2) is 39.5 Å². The third kappa shape index (κ3) is 4.78. The molecule has 2 aromatic rings. The Morgan fingerprint density at radius 3 is 2.77 bits per heavy atom. The van der Waals surface area contributed by atoms with Gasteiger partial charge < -0.3 is 14.6 Å². The fourth-order valence-corrected chi connectivity index (χ4v) is 3.42. The number of amides is 1. The van der Waals surface area contributed by atoms with Crippen LogP contribution in [0.2, 0.25) is 10.0 Å². The molecule has 138 valence electrons. The number of anilines is 1. The van der Waals surface area contributed by atoms with Crippen LogP contribution in [0.5, 0.6) is 0 Å². The van der Waals surface area contributed by atoms with Crippen molar-refractivity contribution < 1.29 is 14.3 Å². The zero-order valence-electron chi connectivity index (χ0n) is 14.1. The first-order valence-electron chi connectivity index (χ1n) is 7.38. The molecule has 0 fully saturated rings. The number of thioether (sulfide) groups is 1. The second-order valence-corrected chi connectivity index (χ2v) is 6.85. The van der Waals surface area contributed by atoms with E-state index in [9.17, 15) is 9.59 Å². The molecule has 0 radical (unpaired) electrons. The first-order valence-corrected chi connectivity index (χ1v) is 9.12. The molecule has 0 aliphatic rings. The molecule has 1 heterocycles. The van der Waals surface area contributed by atoms with Crippen molar-refractivity contribution in [2.24, 2.45) is 0 Å². The lowest BCUT2D eigenvalue weighted by molar-refractivity contribution is -0.113. The van der Waals surface area contributed by atoms with Crippen molar-refractivity contribution in [2.75, 3.05) is 18.2 Å². The molecular weight excluding hydrogens is 399 g/mol. The molecule has 0 bridgehead atoms. The number of allylic oxidation sites excluding steroid dienone is 1. The van der Waals surface area contributed by atoms with Crippen LogP contribution in [0.15, 0.2) is 29.9 Å². The van der Waals surface area contributed by atoms with E-state index < -0.39 is 5.97 Å². The molecule has 0 saturated carbocycles. The van der Waals surface area contributed by atoms with Crippen molar-refractivity contribution in [1.82, 2.24) is 14.8 Å². The Labute approximate surface area is 164 Å². The summed E-state index contributed by atoms with van der Waals surface area (Å²) < 4.78 is 6.53. The number of halogens is 2. The number of carbonyl (C=O) groups is 2. The maximum Gasteiger partial charge on any atom is 0.340 e. The molecule has 7 nitrogen and oxygen atoms in total. The average molecular weight is 415 g/mol. The summed E-state index contributed by atoms with van der Waals surface area (Å²) >= 11 is 13.2. The summed E-state index contributed by atoms with van der Waals surface area (Å²) in [7, 11) is 1.23. The zero-order chi connectivity index (χ0) is 19.3. The van der Waals surface area contributed by atoms with Gasteiger partial charge in [0.05, 0.1) is 29.1 Å². The number of nitrogens with one attached hydrogen (secondary N) is 1. The minimum Gasteiger partial charge on any atom is -0.465 e. The fourth-order valence-electron chi connectivity index (χ4n) is 2.08. The number of carbonyl (C=O) groups excluding carboxylic acids is 2. The first-order chi connectivity index (χ1) is 12.4. The Morgan fingerprint density at radius 1 is 1.38 bits per heavy atom. The summed E-state index contributed by atoms with van der Waals surface area (Å²) in [6.45, 7) is 6.04. The van der Waals surface area contributed by atoms with Gasteiger partial charge in [0.15, 0.2) is 5.16 Å². The van der Waals surface area contributed by atoms with Gasteiger partial charge in [-0.2, -0.15) is 0 Å². The predicted molar refractivity (Wildman–Crippen MR) is 102 cm³/mol. The van der Waals surface area contributed by atoms with Gasteiger partial charge in [-0.1, -0.05) is 41.0 Å². The van der Waals surface area contributed by atoms with Crippen molar-refractivity contribution in [3.63, 3.8) is 0 Å². The van der Waals surface area contributed by atoms with E-state index in [0.29, 0.717) is 11.7 Å². The van der Waals surface area contributed by atoms with E-state index in [2.05, 4.69) is 22.1 Å². The molecule has 1 N–H and O–H groups in total. The lowest BCUT2D eigenvalue weighted by atomic mass is 10.1. The van der Waals surface area contributed by atoms with Gasteiger partial charge in [-0.05, 0) is 19.1 Å². The van der Waals surface area contributed by atoms with Crippen LogP contribution in [0.4, 0.5) is 5.69 Å². The SMILES string of the molecule is C=CCn1c(C)nnc1SCC(=O)Nc1c(Cl)cc(Cl)cc1C(=O)OC. The van der Waals surface area contributed by atoms with Gasteiger partial charge >= 0.3 is 5.97 Å². The predicted octanol–water partition coefficient (Wildman–Crippen LogP) is 3.60. The third-order valence-corrected chi connectivity index (χ3v) is 4.75. The van der Waals surface area contributed by atoms with E-state index in [1.54, 1.807) is 6.08 Å². The van der Waals surface area contributed by atoms with Crippen molar-refractivity contribution >= 4 is 52.5 Å². The maximum atomic E-state index is 12.3. The van der Waals surface area contributed by atoms with Crippen LogP contribution in [0, 0.1) is 6.92 Å². The van der Waals surface area contributed by atoms with Crippen LogP contribution in [0.3, 0.4) is 0 Å². The Bertz CT molecular complexity index is 854. The highest BCUT2D eigenvalue weighted by Gasteiger charge is 2.19. The summed E-state index contributed by atoms with van der Waals surface area (Å²) in [5, 5.41) is 11.6. The lowest BCUT2D eigenvalue weighted by Crippen LogP contribution is -2.18. The largest absolute Gasteiger partial charge is 0.465 e. The molecule has 0 aliphatic carbocycles. The molecule has 0 unspecified atom stereocenters. The monoisotopic (exact) mass is 414 g/mol. The van der Waals surface area contributed by atoms with Gasteiger partial charge in [0.2, 0.25) is 5.91 Å². The first kappa shape index (κ1) is 20.3. The minimum absolute atomic E-state index is 0.0504. The third-order valence-electron chi connectivity index (χ3n) is 3.27. The van der Waals surface area contributed by atoms with Crippen LogP contribution < -0.4 is 5.32 Å². The van der Waals surface area contributed by atoms with Gasteiger partial charge in [0.1, 0.15) is 5.82 Å². The molecule has 2 rings (SSSR count). The van der Waals surface area contributed by atoms with Gasteiger partial charge in [-0.3, -0.25) is 4.79 Å². The van der Waals surface area contributed by atoms with Crippen LogP contribution in [0.1, 0.15) is 16.2 Å². The zero-order valence-corrected chi connectivity index (χ0v) is 16.4. The van der Waals surface area contributed by atoms with Gasteiger partial charge in [-0.15, -0.1) is 16.8 Å². The number of benzene rings is 1. The highest BCUT2D eigenvalue weighted by Crippen LogP contribution is 2.31. The molecule has 1 amide bonds. The molecule has 0 aliphatic heterocycles. The van der Waals surface area contributed by atoms with Crippen LogP contribution in [-0.2, 0) is 16.1 Å². The number of methoxy groups -OCH3 is 1. The Morgan fingerprint density at radius 2 is 2.12 bits per heavy atom. The molecule has 0 saturated heterocycles. The van der Waals surface area contributed by atoms with E-state index >= 15 is 0 Å². The number of aryl methyl sites for hydroxylation is 1. The molecule has 0 atom stereocenters. The molecule has 1 aromatic heterocycles. The Kier molecular flexibility index (Phi) is 7.07. The summed E-state index contributed by atoms with van der Waals surface area (Å²) in [6.07, 6.45) is 1.72.